The fraction of sp³-hybridized carbons (Fsp3) is 0.722. The van der Waals surface area contributed by atoms with Gasteiger partial charge in [-0.1, -0.05) is 64.4 Å². The van der Waals surface area contributed by atoms with Gasteiger partial charge in [0.25, 0.3) is 0 Å². The number of rotatable bonds is 11. The van der Waals surface area contributed by atoms with Crippen molar-refractivity contribution in [2.45, 2.75) is 77.7 Å². The molecule has 114 valence electrons. The Hall–Kier alpha value is -0.890. The predicted octanol–water partition coefficient (Wildman–Crippen LogP) is 5.18. The van der Waals surface area contributed by atoms with Crippen LogP contribution >= 0.6 is 0 Å². The lowest BCUT2D eigenvalue weighted by Gasteiger charge is -2.17. The summed E-state index contributed by atoms with van der Waals surface area (Å²) >= 11 is 0. The molecule has 1 atom stereocenters. The fourth-order valence-corrected chi connectivity index (χ4v) is 2.76. The molecule has 0 radical (unpaired) electrons. The van der Waals surface area contributed by atoms with Gasteiger partial charge >= 0.3 is 0 Å². The van der Waals surface area contributed by atoms with Gasteiger partial charge in [-0.2, -0.15) is 0 Å². The van der Waals surface area contributed by atoms with Gasteiger partial charge in [0.1, 0.15) is 0 Å². The first-order chi connectivity index (χ1) is 9.79. The number of aromatic nitrogens is 1. The van der Waals surface area contributed by atoms with Gasteiger partial charge < -0.3 is 5.32 Å². The van der Waals surface area contributed by atoms with Crippen LogP contribution in [-0.2, 0) is 0 Å². The number of pyridine rings is 1. The molecule has 0 bridgehead atoms. The lowest BCUT2D eigenvalue weighted by molar-refractivity contribution is 0.485. The second kappa shape index (κ2) is 10.8. The van der Waals surface area contributed by atoms with Gasteiger partial charge in [0.15, 0.2) is 0 Å². The van der Waals surface area contributed by atoms with Crippen molar-refractivity contribution in [2.75, 3.05) is 7.05 Å². The lowest BCUT2D eigenvalue weighted by Crippen LogP contribution is -2.18. The summed E-state index contributed by atoms with van der Waals surface area (Å²) in [4.78, 5) is 4.54. The highest BCUT2D eigenvalue weighted by atomic mass is 14.9. The molecular formula is C18H32N2. The molecule has 1 aromatic rings. The molecule has 20 heavy (non-hydrogen) atoms. The quantitative estimate of drug-likeness (QED) is 0.563. The van der Waals surface area contributed by atoms with Crippen LogP contribution in [0.3, 0.4) is 0 Å². The van der Waals surface area contributed by atoms with Crippen LogP contribution in [0.25, 0.3) is 0 Å². The minimum atomic E-state index is 0.413. The third-order valence-electron chi connectivity index (χ3n) is 4.07. The highest BCUT2D eigenvalue weighted by Crippen LogP contribution is 2.21. The summed E-state index contributed by atoms with van der Waals surface area (Å²) in [5.74, 6) is 0. The second-order valence-corrected chi connectivity index (χ2v) is 5.81. The van der Waals surface area contributed by atoms with Crippen LogP contribution in [0.1, 0.15) is 82.0 Å². The predicted molar refractivity (Wildman–Crippen MR) is 88.0 cm³/mol. The Balaban J connectivity index is 2.18. The van der Waals surface area contributed by atoms with E-state index >= 15 is 0 Å². The first kappa shape index (κ1) is 17.2. The average Bonchev–Trinajstić information content (AvgIpc) is 2.47. The molecule has 2 nitrogen and oxygen atoms in total. The molecule has 0 spiro atoms. The summed E-state index contributed by atoms with van der Waals surface area (Å²) in [7, 11) is 2.05. The molecule has 1 unspecified atom stereocenters. The Morgan fingerprint density at radius 1 is 1.05 bits per heavy atom. The molecule has 1 N–H and O–H groups in total. The van der Waals surface area contributed by atoms with E-state index in [1.54, 1.807) is 0 Å². The molecule has 0 saturated heterocycles. The molecule has 1 rings (SSSR count). The number of aryl methyl sites for hydroxylation is 1. The maximum Gasteiger partial charge on any atom is 0.0602 e. The van der Waals surface area contributed by atoms with Crippen LogP contribution in [0, 0.1) is 6.92 Å². The Morgan fingerprint density at radius 3 is 2.30 bits per heavy atom. The summed E-state index contributed by atoms with van der Waals surface area (Å²) in [6.07, 6.45) is 14.1. The van der Waals surface area contributed by atoms with Gasteiger partial charge in [-0.15, -0.1) is 0 Å². The van der Waals surface area contributed by atoms with Gasteiger partial charge in [-0.25, -0.2) is 0 Å². The monoisotopic (exact) mass is 276 g/mol. The Morgan fingerprint density at radius 2 is 1.70 bits per heavy atom. The van der Waals surface area contributed by atoms with E-state index in [-0.39, 0.29) is 0 Å². The number of nitrogens with one attached hydrogen (secondary N) is 1. The summed E-state index contributed by atoms with van der Waals surface area (Å²) in [6.45, 7) is 4.43. The minimum Gasteiger partial charge on any atom is -0.312 e. The highest BCUT2D eigenvalue weighted by Gasteiger charge is 2.12. The normalized spacial score (nSPS) is 12.6. The third kappa shape index (κ3) is 6.51. The number of hydrogen-bond acceptors (Lipinski definition) is 2. The van der Waals surface area contributed by atoms with E-state index in [2.05, 4.69) is 30.2 Å². The molecule has 0 fully saturated rings. The van der Waals surface area contributed by atoms with Crippen molar-refractivity contribution in [2.24, 2.45) is 0 Å². The SMILES string of the molecule is CCCCCCCCCCC(NC)c1ncccc1C. The number of unbranched alkanes of at least 4 members (excludes halogenated alkanes) is 7. The van der Waals surface area contributed by atoms with Gasteiger partial charge in [-0.3, -0.25) is 4.98 Å². The van der Waals surface area contributed by atoms with Crippen LogP contribution in [0.15, 0.2) is 18.3 Å². The van der Waals surface area contributed by atoms with Crippen LogP contribution in [-0.4, -0.2) is 12.0 Å². The maximum absolute atomic E-state index is 4.54. The first-order valence-corrected chi connectivity index (χ1v) is 8.38. The molecule has 1 aromatic heterocycles. The minimum absolute atomic E-state index is 0.413. The molecule has 0 aliphatic rings. The van der Waals surface area contributed by atoms with Gasteiger partial charge in [0.2, 0.25) is 0 Å². The van der Waals surface area contributed by atoms with Crippen LogP contribution in [0.4, 0.5) is 0 Å². The van der Waals surface area contributed by atoms with Crippen molar-refractivity contribution in [1.82, 2.24) is 10.3 Å². The van der Waals surface area contributed by atoms with E-state index in [1.807, 2.05) is 19.3 Å². The standard InChI is InChI=1S/C18H32N2/c1-4-5-6-7-8-9-10-11-14-17(19-3)18-16(2)13-12-15-20-18/h12-13,15,17,19H,4-11,14H2,1-3H3. The number of hydrogen-bond donors (Lipinski definition) is 1. The van der Waals surface area contributed by atoms with E-state index in [1.165, 1.54) is 69.0 Å². The Kier molecular flexibility index (Phi) is 9.31. The maximum atomic E-state index is 4.54. The summed E-state index contributed by atoms with van der Waals surface area (Å²) in [5, 5.41) is 3.42. The molecular weight excluding hydrogens is 244 g/mol. The zero-order valence-corrected chi connectivity index (χ0v) is 13.6. The molecule has 0 amide bonds. The zero-order valence-electron chi connectivity index (χ0n) is 13.6. The van der Waals surface area contributed by atoms with Crippen molar-refractivity contribution in [3.05, 3.63) is 29.6 Å². The molecule has 1 heterocycles. The Labute approximate surface area is 125 Å². The number of nitrogens with zero attached hydrogens (tertiary/aromatic N) is 1. The van der Waals surface area contributed by atoms with Crippen LogP contribution < -0.4 is 5.32 Å². The Bertz CT molecular complexity index is 349. The van der Waals surface area contributed by atoms with Crippen molar-refractivity contribution >= 4 is 0 Å². The van der Waals surface area contributed by atoms with Crippen molar-refractivity contribution in [3.63, 3.8) is 0 Å². The topological polar surface area (TPSA) is 24.9 Å². The summed E-state index contributed by atoms with van der Waals surface area (Å²) in [5.41, 5.74) is 2.52. The lowest BCUT2D eigenvalue weighted by atomic mass is 10.0. The molecule has 0 aliphatic carbocycles. The van der Waals surface area contributed by atoms with Gasteiger partial charge in [-0.05, 0) is 32.0 Å². The van der Waals surface area contributed by atoms with E-state index in [0.717, 1.165) is 0 Å². The van der Waals surface area contributed by atoms with E-state index < -0.39 is 0 Å². The van der Waals surface area contributed by atoms with E-state index in [4.69, 9.17) is 0 Å². The molecule has 0 aliphatic heterocycles. The van der Waals surface area contributed by atoms with Crippen molar-refractivity contribution < 1.29 is 0 Å². The summed E-state index contributed by atoms with van der Waals surface area (Å²) < 4.78 is 0. The van der Waals surface area contributed by atoms with Gasteiger partial charge in [0, 0.05) is 12.2 Å². The molecule has 0 saturated carbocycles. The first-order valence-electron chi connectivity index (χ1n) is 8.38. The van der Waals surface area contributed by atoms with E-state index in [9.17, 15) is 0 Å². The van der Waals surface area contributed by atoms with Crippen LogP contribution in [0.5, 0.6) is 0 Å². The average molecular weight is 276 g/mol. The van der Waals surface area contributed by atoms with Crippen molar-refractivity contribution in [1.29, 1.82) is 0 Å². The third-order valence-corrected chi connectivity index (χ3v) is 4.07. The fourth-order valence-electron chi connectivity index (χ4n) is 2.76. The van der Waals surface area contributed by atoms with Crippen molar-refractivity contribution in [3.8, 4) is 0 Å². The molecule has 2 heteroatoms. The van der Waals surface area contributed by atoms with Crippen LogP contribution in [0.2, 0.25) is 0 Å². The van der Waals surface area contributed by atoms with Gasteiger partial charge in [0.05, 0.1) is 5.69 Å². The smallest absolute Gasteiger partial charge is 0.0602 e. The second-order valence-electron chi connectivity index (χ2n) is 5.81. The van der Waals surface area contributed by atoms with E-state index in [0.29, 0.717) is 6.04 Å². The zero-order chi connectivity index (χ0) is 14.6. The summed E-state index contributed by atoms with van der Waals surface area (Å²) in [6, 6.07) is 4.58. The highest BCUT2D eigenvalue weighted by molar-refractivity contribution is 5.20. The molecule has 0 aromatic carbocycles. The largest absolute Gasteiger partial charge is 0.312 e.